The van der Waals surface area contributed by atoms with E-state index in [1.807, 2.05) is 12.1 Å². The third-order valence-corrected chi connectivity index (χ3v) is 5.44. The Morgan fingerprint density at radius 3 is 2.27 bits per heavy atom. The van der Waals surface area contributed by atoms with Crippen LogP contribution in [-0.4, -0.2) is 59.9 Å². The number of rotatable bonds is 8. The van der Waals surface area contributed by atoms with Crippen LogP contribution in [0.25, 0.3) is 0 Å². The van der Waals surface area contributed by atoms with Crippen molar-refractivity contribution in [3.63, 3.8) is 0 Å². The van der Waals surface area contributed by atoms with Crippen LogP contribution in [-0.2, 0) is 4.74 Å². The molecule has 1 aromatic rings. The van der Waals surface area contributed by atoms with Gasteiger partial charge in [0.2, 0.25) is 0 Å². The summed E-state index contributed by atoms with van der Waals surface area (Å²) in [4.78, 5) is 1.31. The van der Waals surface area contributed by atoms with Gasteiger partial charge >= 0.3 is 0 Å². The van der Waals surface area contributed by atoms with Crippen molar-refractivity contribution in [3.8, 4) is 5.75 Å². The number of halogens is 1. The molecule has 6 heteroatoms. The first-order valence-electron chi connectivity index (χ1n) is 9.29. The largest absolute Gasteiger partial charge is 0.491 e. The van der Waals surface area contributed by atoms with Crippen molar-refractivity contribution in [2.75, 3.05) is 26.4 Å². The summed E-state index contributed by atoms with van der Waals surface area (Å²) in [5.41, 5.74) is -0.167. The number of benzene rings is 1. The number of hydrogen-bond donors (Lipinski definition) is 3. The van der Waals surface area contributed by atoms with Crippen LogP contribution in [0.1, 0.15) is 40.5 Å². The van der Waals surface area contributed by atoms with Gasteiger partial charge in [0, 0.05) is 17.9 Å². The Bertz CT molecular complexity index is 543. The van der Waals surface area contributed by atoms with Crippen LogP contribution in [0, 0.1) is 0 Å². The molecule has 1 fully saturated rings. The fourth-order valence-corrected chi connectivity index (χ4v) is 4.35. The molecule has 0 unspecified atom stereocenters. The molecular weight excluding hydrogens is 354 g/mol. The van der Waals surface area contributed by atoms with Crippen molar-refractivity contribution in [1.29, 1.82) is 0 Å². The van der Waals surface area contributed by atoms with Crippen LogP contribution in [0.3, 0.4) is 0 Å². The summed E-state index contributed by atoms with van der Waals surface area (Å²) >= 11 is 5.83. The molecule has 0 aliphatic carbocycles. The van der Waals surface area contributed by atoms with Crippen molar-refractivity contribution >= 4 is 11.6 Å². The Hall–Kier alpha value is -0.850. The lowest BCUT2D eigenvalue weighted by atomic mass is 9.78. The monoisotopic (exact) mass is 386 g/mol. The van der Waals surface area contributed by atoms with Gasteiger partial charge in [-0.2, -0.15) is 0 Å². The molecule has 0 spiro atoms. The van der Waals surface area contributed by atoms with E-state index in [2.05, 4.69) is 27.7 Å². The first-order valence-corrected chi connectivity index (χ1v) is 9.67. The van der Waals surface area contributed by atoms with Gasteiger partial charge in [-0.05, 0) is 52.0 Å². The number of likely N-dealkylation sites (tertiary alicyclic amines) is 1. The second-order valence-electron chi connectivity index (χ2n) is 8.54. The third kappa shape index (κ3) is 6.10. The van der Waals surface area contributed by atoms with Gasteiger partial charge in [-0.25, -0.2) is 0 Å². The average Bonchev–Trinajstić information content (AvgIpc) is 2.51. The molecule has 0 bridgehead atoms. The second kappa shape index (κ2) is 8.89. The van der Waals surface area contributed by atoms with E-state index in [0.29, 0.717) is 24.8 Å². The van der Waals surface area contributed by atoms with Crippen molar-refractivity contribution in [2.45, 2.75) is 63.8 Å². The summed E-state index contributed by atoms with van der Waals surface area (Å²) in [6.45, 7) is 10.3. The first kappa shape index (κ1) is 21.5. The van der Waals surface area contributed by atoms with E-state index in [1.165, 1.54) is 4.90 Å². The maximum absolute atomic E-state index is 10.4. The van der Waals surface area contributed by atoms with Crippen LogP contribution in [0.15, 0.2) is 24.3 Å². The quantitative estimate of drug-likeness (QED) is 0.595. The lowest BCUT2D eigenvalue weighted by molar-refractivity contribution is -1.00. The molecule has 1 atom stereocenters. The van der Waals surface area contributed by atoms with E-state index in [4.69, 9.17) is 21.1 Å². The molecule has 5 nitrogen and oxygen atoms in total. The number of hydrogen-bond acceptors (Lipinski definition) is 4. The molecule has 1 heterocycles. The van der Waals surface area contributed by atoms with Gasteiger partial charge in [-0.15, -0.1) is 0 Å². The molecule has 0 aromatic heterocycles. The molecule has 26 heavy (non-hydrogen) atoms. The van der Waals surface area contributed by atoms with E-state index in [1.54, 1.807) is 12.1 Å². The third-order valence-electron chi connectivity index (χ3n) is 5.19. The molecule has 0 amide bonds. The predicted molar refractivity (Wildman–Crippen MR) is 103 cm³/mol. The highest BCUT2D eigenvalue weighted by molar-refractivity contribution is 6.30. The van der Waals surface area contributed by atoms with Crippen molar-refractivity contribution in [1.82, 2.24) is 0 Å². The zero-order chi connectivity index (χ0) is 19.4. The van der Waals surface area contributed by atoms with Crippen LogP contribution in [0.4, 0.5) is 0 Å². The lowest BCUT2D eigenvalue weighted by Gasteiger charge is -2.51. The normalized spacial score (nSPS) is 25.7. The highest BCUT2D eigenvalue weighted by Crippen LogP contribution is 2.23. The molecule has 148 valence electrons. The molecule has 0 radical (unpaired) electrons. The van der Waals surface area contributed by atoms with Gasteiger partial charge < -0.3 is 24.6 Å². The van der Waals surface area contributed by atoms with E-state index >= 15 is 0 Å². The van der Waals surface area contributed by atoms with E-state index in [-0.39, 0.29) is 23.8 Å². The van der Waals surface area contributed by atoms with Crippen LogP contribution in [0.5, 0.6) is 5.75 Å². The molecule has 1 aliphatic heterocycles. The Morgan fingerprint density at radius 1 is 1.12 bits per heavy atom. The number of ether oxygens (including phenoxy) is 2. The summed E-state index contributed by atoms with van der Waals surface area (Å²) in [5, 5.41) is 21.2. The highest BCUT2D eigenvalue weighted by Gasteiger charge is 2.49. The van der Waals surface area contributed by atoms with Gasteiger partial charge in [-0.3, -0.25) is 0 Å². The molecular formula is C20H33ClNO4+. The lowest BCUT2D eigenvalue weighted by Crippen LogP contribution is -3.27. The smallest absolute Gasteiger partial charge is 0.126 e. The van der Waals surface area contributed by atoms with E-state index in [0.717, 1.165) is 18.6 Å². The number of quaternary nitrogens is 1. The summed E-state index contributed by atoms with van der Waals surface area (Å²) in [6, 6.07) is 7.19. The molecule has 1 saturated heterocycles. The number of nitrogens with one attached hydrogen (secondary N) is 1. The summed E-state index contributed by atoms with van der Waals surface area (Å²) in [6.07, 6.45) is 0.666. The van der Waals surface area contributed by atoms with E-state index < -0.39 is 6.10 Å². The minimum atomic E-state index is -0.547. The Balaban J connectivity index is 1.72. The molecule has 2 rings (SSSR count). The zero-order valence-corrected chi connectivity index (χ0v) is 17.1. The summed E-state index contributed by atoms with van der Waals surface area (Å²) < 4.78 is 11.1. The van der Waals surface area contributed by atoms with Gasteiger partial charge in [0.25, 0.3) is 0 Å². The Morgan fingerprint density at radius 2 is 1.69 bits per heavy atom. The summed E-state index contributed by atoms with van der Waals surface area (Å²) in [7, 11) is 0. The fourth-order valence-electron chi connectivity index (χ4n) is 4.23. The number of piperidine rings is 1. The maximum atomic E-state index is 10.4. The SMILES string of the molecule is CC1(C)CC(O)CC(C)(C)[NH+]1C[C@@H](O)COCCOc1ccc(Cl)cc1. The predicted octanol–water partition coefficient (Wildman–Crippen LogP) is 1.69. The van der Waals surface area contributed by atoms with Crippen molar-refractivity contribution in [3.05, 3.63) is 29.3 Å². The van der Waals surface area contributed by atoms with Gasteiger partial charge in [0.1, 0.15) is 25.0 Å². The van der Waals surface area contributed by atoms with Gasteiger partial charge in [-0.1, -0.05) is 11.6 Å². The summed E-state index contributed by atoms with van der Waals surface area (Å²) in [5.74, 6) is 0.748. The molecule has 3 N–H and O–H groups in total. The van der Waals surface area contributed by atoms with E-state index in [9.17, 15) is 10.2 Å². The number of aliphatic hydroxyl groups is 2. The number of aliphatic hydroxyl groups excluding tert-OH is 2. The minimum absolute atomic E-state index is 0.0835. The molecule has 0 saturated carbocycles. The first-order chi connectivity index (χ1) is 12.1. The fraction of sp³-hybridized carbons (Fsp3) is 0.700. The average molecular weight is 387 g/mol. The Labute approximate surface area is 161 Å². The van der Waals surface area contributed by atoms with Gasteiger partial charge in [0.15, 0.2) is 0 Å². The standard InChI is InChI=1S/C20H32ClNO4/c1-19(2)11-16(23)12-20(3,4)22(19)13-17(24)14-25-9-10-26-18-7-5-15(21)6-8-18/h5-8,16-17,23-24H,9-14H2,1-4H3/p+1/t17-/m1/s1. The van der Waals surface area contributed by atoms with Crippen LogP contribution in [0.2, 0.25) is 5.02 Å². The maximum Gasteiger partial charge on any atom is 0.126 e. The van der Waals surface area contributed by atoms with Crippen molar-refractivity contribution in [2.24, 2.45) is 0 Å². The second-order valence-corrected chi connectivity index (χ2v) is 8.98. The van der Waals surface area contributed by atoms with Crippen LogP contribution < -0.4 is 9.64 Å². The molecule has 1 aromatic carbocycles. The van der Waals surface area contributed by atoms with Crippen LogP contribution >= 0.6 is 11.6 Å². The Kier molecular flexibility index (Phi) is 7.34. The zero-order valence-electron chi connectivity index (χ0n) is 16.3. The topological polar surface area (TPSA) is 63.4 Å². The highest BCUT2D eigenvalue weighted by atomic mass is 35.5. The molecule has 1 aliphatic rings. The van der Waals surface area contributed by atoms with Gasteiger partial charge in [0.05, 0.1) is 30.4 Å². The minimum Gasteiger partial charge on any atom is -0.491 e. The van der Waals surface area contributed by atoms with Crippen molar-refractivity contribution < 1.29 is 24.6 Å².